The summed E-state index contributed by atoms with van der Waals surface area (Å²) in [6.45, 7) is 0. The summed E-state index contributed by atoms with van der Waals surface area (Å²) in [6.07, 6.45) is 1.79. The standard InChI is InChI=1S/C15H8BrFOS/c16-12-3-1-2-11-14(18)13(19-15(11)12)8-9-4-6-10(17)7-5-9/h1-8H/b13-8-. The Labute approximate surface area is 122 Å². The van der Waals surface area contributed by atoms with Crippen LogP contribution in [0.4, 0.5) is 4.39 Å². The van der Waals surface area contributed by atoms with Crippen molar-refractivity contribution in [3.05, 3.63) is 68.8 Å². The highest BCUT2D eigenvalue weighted by Crippen LogP contribution is 2.44. The molecule has 0 atom stereocenters. The number of carbonyl (C=O) groups excluding carboxylic acids is 1. The second kappa shape index (κ2) is 4.94. The molecule has 4 heteroatoms. The number of thioether (sulfide) groups is 1. The number of Topliss-reactive ketones (excluding diaryl/α,β-unsaturated/α-hetero) is 1. The molecule has 2 aromatic carbocycles. The summed E-state index contributed by atoms with van der Waals surface area (Å²) in [5.41, 5.74) is 1.54. The number of allylic oxidation sites excluding steroid dienone is 1. The van der Waals surface area contributed by atoms with Gasteiger partial charge in [-0.3, -0.25) is 4.79 Å². The molecule has 1 nitrogen and oxygen atoms in total. The molecule has 94 valence electrons. The lowest BCUT2D eigenvalue weighted by molar-refractivity contribution is 0.104. The van der Waals surface area contributed by atoms with Crippen LogP contribution in [0.3, 0.4) is 0 Å². The molecule has 0 unspecified atom stereocenters. The maximum Gasteiger partial charge on any atom is 0.200 e. The normalized spacial score (nSPS) is 15.9. The summed E-state index contributed by atoms with van der Waals surface area (Å²) in [6, 6.07) is 11.7. The molecule has 0 saturated heterocycles. The molecule has 0 amide bonds. The van der Waals surface area contributed by atoms with Gasteiger partial charge >= 0.3 is 0 Å². The highest BCUT2D eigenvalue weighted by molar-refractivity contribution is 9.10. The average molecular weight is 335 g/mol. The Balaban J connectivity index is 2.00. The van der Waals surface area contributed by atoms with Crippen molar-refractivity contribution >= 4 is 39.6 Å². The maximum absolute atomic E-state index is 12.8. The monoisotopic (exact) mass is 334 g/mol. The fraction of sp³-hybridized carbons (Fsp3) is 0. The van der Waals surface area contributed by atoms with Crippen molar-refractivity contribution in [2.24, 2.45) is 0 Å². The van der Waals surface area contributed by atoms with Gasteiger partial charge in [0.25, 0.3) is 0 Å². The van der Waals surface area contributed by atoms with Crippen molar-refractivity contribution in [1.82, 2.24) is 0 Å². The van der Waals surface area contributed by atoms with Crippen molar-refractivity contribution in [3.8, 4) is 0 Å². The lowest BCUT2D eigenvalue weighted by atomic mass is 10.1. The van der Waals surface area contributed by atoms with E-state index < -0.39 is 0 Å². The van der Waals surface area contributed by atoms with Crippen molar-refractivity contribution < 1.29 is 9.18 Å². The van der Waals surface area contributed by atoms with Crippen LogP contribution >= 0.6 is 27.7 Å². The van der Waals surface area contributed by atoms with E-state index in [1.807, 2.05) is 18.2 Å². The number of rotatable bonds is 1. The predicted molar refractivity (Wildman–Crippen MR) is 78.7 cm³/mol. The molecule has 0 bridgehead atoms. The summed E-state index contributed by atoms with van der Waals surface area (Å²) in [7, 11) is 0. The molecule has 19 heavy (non-hydrogen) atoms. The molecule has 0 N–H and O–H groups in total. The number of hydrogen-bond donors (Lipinski definition) is 0. The van der Waals surface area contributed by atoms with Crippen LogP contribution in [0.5, 0.6) is 0 Å². The van der Waals surface area contributed by atoms with E-state index >= 15 is 0 Å². The van der Waals surface area contributed by atoms with Gasteiger partial charge in [-0.25, -0.2) is 4.39 Å². The van der Waals surface area contributed by atoms with Crippen LogP contribution < -0.4 is 0 Å². The fourth-order valence-corrected chi connectivity index (χ4v) is 3.55. The van der Waals surface area contributed by atoms with Crippen LogP contribution in [-0.2, 0) is 0 Å². The first-order valence-corrected chi connectivity index (χ1v) is 7.24. The van der Waals surface area contributed by atoms with Crippen LogP contribution in [0.25, 0.3) is 6.08 Å². The third-order valence-electron chi connectivity index (χ3n) is 2.82. The third-order valence-corrected chi connectivity index (χ3v) is 4.91. The topological polar surface area (TPSA) is 17.1 Å². The first-order valence-electron chi connectivity index (χ1n) is 5.63. The Morgan fingerprint density at radius 3 is 2.53 bits per heavy atom. The molecule has 3 rings (SSSR count). The lowest BCUT2D eigenvalue weighted by Crippen LogP contribution is -1.93. The van der Waals surface area contributed by atoms with Gasteiger partial charge in [0.05, 0.1) is 4.91 Å². The van der Waals surface area contributed by atoms with Gasteiger partial charge in [0.15, 0.2) is 0 Å². The van der Waals surface area contributed by atoms with E-state index in [9.17, 15) is 9.18 Å². The van der Waals surface area contributed by atoms with Gasteiger partial charge in [-0.15, -0.1) is 0 Å². The molecule has 1 aliphatic rings. The zero-order valence-electron chi connectivity index (χ0n) is 9.69. The maximum atomic E-state index is 12.8. The van der Waals surface area contributed by atoms with Crippen LogP contribution in [0.1, 0.15) is 15.9 Å². The average Bonchev–Trinajstić information content (AvgIpc) is 2.72. The Hall–Kier alpha value is -1.39. The molecule has 1 heterocycles. The SMILES string of the molecule is O=C1/C(=C/c2ccc(F)cc2)Sc2c(Br)cccc21. The molecule has 0 radical (unpaired) electrons. The van der Waals surface area contributed by atoms with Crippen molar-refractivity contribution in [2.45, 2.75) is 4.90 Å². The first-order chi connectivity index (χ1) is 9.15. The second-order valence-electron chi connectivity index (χ2n) is 4.11. The first kappa shape index (κ1) is 12.6. The number of ketones is 1. The minimum absolute atomic E-state index is 0.0191. The quantitative estimate of drug-likeness (QED) is 0.688. The highest BCUT2D eigenvalue weighted by Gasteiger charge is 2.27. The van der Waals surface area contributed by atoms with Crippen molar-refractivity contribution in [2.75, 3.05) is 0 Å². The molecular formula is C15H8BrFOS. The van der Waals surface area contributed by atoms with Crippen LogP contribution in [0, 0.1) is 5.82 Å². The number of carbonyl (C=O) groups is 1. The lowest BCUT2D eigenvalue weighted by Gasteiger charge is -1.97. The minimum atomic E-state index is -0.279. The van der Waals surface area contributed by atoms with E-state index in [4.69, 9.17) is 0 Å². The van der Waals surface area contributed by atoms with Crippen LogP contribution in [0.15, 0.2) is 56.7 Å². The van der Waals surface area contributed by atoms with Gasteiger partial charge in [-0.05, 0) is 51.8 Å². The van der Waals surface area contributed by atoms with Gasteiger partial charge in [-0.1, -0.05) is 30.0 Å². The van der Waals surface area contributed by atoms with E-state index in [0.717, 1.165) is 14.9 Å². The molecule has 0 aliphatic carbocycles. The summed E-state index contributed by atoms with van der Waals surface area (Å²) in [5, 5.41) is 0. The van der Waals surface area contributed by atoms with Gasteiger partial charge in [0.1, 0.15) is 5.82 Å². The third kappa shape index (κ3) is 2.38. The predicted octanol–water partition coefficient (Wildman–Crippen LogP) is 4.92. The fourth-order valence-electron chi connectivity index (χ4n) is 1.89. The minimum Gasteiger partial charge on any atom is -0.288 e. The summed E-state index contributed by atoms with van der Waals surface area (Å²) < 4.78 is 13.8. The molecule has 2 aromatic rings. The number of fused-ring (bicyclic) bond motifs is 1. The molecule has 1 aliphatic heterocycles. The largest absolute Gasteiger partial charge is 0.288 e. The molecule has 0 fully saturated rings. The van der Waals surface area contributed by atoms with Crippen LogP contribution in [0.2, 0.25) is 0 Å². The zero-order chi connectivity index (χ0) is 13.4. The Kier molecular flexibility index (Phi) is 3.29. The number of halogens is 2. The molecule has 0 aromatic heterocycles. The van der Waals surface area contributed by atoms with E-state index in [2.05, 4.69) is 15.9 Å². The smallest absolute Gasteiger partial charge is 0.200 e. The van der Waals surface area contributed by atoms with Crippen LogP contribution in [-0.4, -0.2) is 5.78 Å². The van der Waals surface area contributed by atoms with Gasteiger partial charge < -0.3 is 0 Å². The van der Waals surface area contributed by atoms with E-state index in [1.54, 1.807) is 18.2 Å². The Bertz CT molecular complexity index is 692. The Morgan fingerprint density at radius 2 is 1.84 bits per heavy atom. The van der Waals surface area contributed by atoms with Gasteiger partial charge in [-0.2, -0.15) is 0 Å². The number of benzene rings is 2. The van der Waals surface area contributed by atoms with Gasteiger partial charge in [0, 0.05) is 14.9 Å². The summed E-state index contributed by atoms with van der Waals surface area (Å²) in [4.78, 5) is 13.8. The molecule has 0 spiro atoms. The zero-order valence-corrected chi connectivity index (χ0v) is 12.1. The summed E-state index contributed by atoms with van der Waals surface area (Å²) >= 11 is 4.89. The summed E-state index contributed by atoms with van der Waals surface area (Å²) in [5.74, 6) is -0.260. The van der Waals surface area contributed by atoms with E-state index in [-0.39, 0.29) is 11.6 Å². The second-order valence-corrected chi connectivity index (χ2v) is 6.01. The molecule has 0 saturated carbocycles. The molecular weight excluding hydrogens is 327 g/mol. The van der Waals surface area contributed by atoms with E-state index in [1.165, 1.54) is 23.9 Å². The Morgan fingerprint density at radius 1 is 1.11 bits per heavy atom. The van der Waals surface area contributed by atoms with Crippen molar-refractivity contribution in [3.63, 3.8) is 0 Å². The van der Waals surface area contributed by atoms with E-state index in [0.29, 0.717) is 10.5 Å². The highest BCUT2D eigenvalue weighted by atomic mass is 79.9. The van der Waals surface area contributed by atoms with Gasteiger partial charge in [0.2, 0.25) is 5.78 Å². The number of hydrogen-bond acceptors (Lipinski definition) is 2. The van der Waals surface area contributed by atoms with Crippen molar-refractivity contribution in [1.29, 1.82) is 0 Å².